The molecule has 1 atom stereocenters. The quantitative estimate of drug-likeness (QED) is 0.703. The molecule has 1 saturated heterocycles. The van der Waals surface area contributed by atoms with Crippen molar-refractivity contribution in [3.8, 4) is 0 Å². The number of aromatic nitrogens is 3. The normalized spacial score (nSPS) is 19.3. The molecule has 1 aromatic rings. The van der Waals surface area contributed by atoms with Crippen molar-refractivity contribution in [2.24, 2.45) is 5.92 Å². The molecule has 1 aliphatic heterocycles. The molecule has 2 heterocycles. The van der Waals surface area contributed by atoms with Gasteiger partial charge in [0, 0.05) is 19.1 Å². The van der Waals surface area contributed by atoms with E-state index in [1.165, 1.54) is 0 Å². The molecule has 8 heteroatoms. The zero-order chi connectivity index (χ0) is 13.0. The van der Waals surface area contributed by atoms with Gasteiger partial charge in [-0.3, -0.25) is 4.79 Å². The Balaban J connectivity index is 2.08. The summed E-state index contributed by atoms with van der Waals surface area (Å²) in [6.45, 7) is 1.89. The summed E-state index contributed by atoms with van der Waals surface area (Å²) < 4.78 is 7.08. The molecule has 0 aromatic carbocycles. The van der Waals surface area contributed by atoms with E-state index in [9.17, 15) is 9.90 Å². The van der Waals surface area contributed by atoms with Crippen molar-refractivity contribution in [2.75, 3.05) is 19.0 Å². The summed E-state index contributed by atoms with van der Waals surface area (Å²) in [4.78, 5) is 10.6. The average Bonchev–Trinajstić information content (AvgIpc) is 2.97. The number of carboxylic acids is 1. The summed E-state index contributed by atoms with van der Waals surface area (Å²) in [6.07, 6.45) is 0.964. The number of ether oxygens (including phenoxy) is 1. The molecule has 100 valence electrons. The second-order valence-electron chi connectivity index (χ2n) is 4.08. The van der Waals surface area contributed by atoms with Crippen LogP contribution in [0.1, 0.15) is 12.2 Å². The van der Waals surface area contributed by atoms with Crippen molar-refractivity contribution < 1.29 is 19.7 Å². The Morgan fingerprint density at radius 3 is 3.00 bits per heavy atom. The van der Waals surface area contributed by atoms with Gasteiger partial charge in [-0.25, -0.2) is 0 Å². The number of aliphatic carboxylic acids is 1. The third-order valence-corrected chi connectivity index (χ3v) is 3.68. The predicted octanol–water partition coefficient (Wildman–Crippen LogP) is -0.0164. The number of rotatable bonds is 6. The molecule has 1 fully saturated rings. The van der Waals surface area contributed by atoms with Crippen LogP contribution in [0.15, 0.2) is 5.16 Å². The van der Waals surface area contributed by atoms with Crippen LogP contribution in [0.25, 0.3) is 0 Å². The van der Waals surface area contributed by atoms with E-state index in [2.05, 4.69) is 10.2 Å². The fourth-order valence-electron chi connectivity index (χ4n) is 1.84. The standard InChI is InChI=1S/C10H15N3O4S/c14-4-8-11-12-10(18-6-9(15)16)13(8)3-7-1-2-17-5-7/h7,14H,1-6H2,(H,15,16). The van der Waals surface area contributed by atoms with E-state index >= 15 is 0 Å². The van der Waals surface area contributed by atoms with Gasteiger partial charge in [-0.05, 0) is 6.42 Å². The molecule has 0 aliphatic carbocycles. The van der Waals surface area contributed by atoms with Gasteiger partial charge in [0.25, 0.3) is 0 Å². The van der Waals surface area contributed by atoms with Crippen molar-refractivity contribution in [1.82, 2.24) is 14.8 Å². The van der Waals surface area contributed by atoms with Crippen LogP contribution >= 0.6 is 11.8 Å². The fraction of sp³-hybridized carbons (Fsp3) is 0.700. The van der Waals surface area contributed by atoms with Crippen LogP contribution in [0.2, 0.25) is 0 Å². The van der Waals surface area contributed by atoms with Gasteiger partial charge in [0.15, 0.2) is 11.0 Å². The Bertz CT molecular complexity index is 417. The highest BCUT2D eigenvalue weighted by atomic mass is 32.2. The maximum Gasteiger partial charge on any atom is 0.313 e. The van der Waals surface area contributed by atoms with Gasteiger partial charge in [0.05, 0.1) is 12.4 Å². The lowest BCUT2D eigenvalue weighted by atomic mass is 10.1. The molecular weight excluding hydrogens is 258 g/mol. The lowest BCUT2D eigenvalue weighted by molar-refractivity contribution is -0.133. The molecule has 2 rings (SSSR count). The molecule has 0 spiro atoms. The second-order valence-corrected chi connectivity index (χ2v) is 5.02. The number of thioether (sulfide) groups is 1. The minimum atomic E-state index is -0.899. The smallest absolute Gasteiger partial charge is 0.313 e. The summed E-state index contributed by atoms with van der Waals surface area (Å²) in [6, 6.07) is 0. The van der Waals surface area contributed by atoms with E-state index in [-0.39, 0.29) is 12.4 Å². The van der Waals surface area contributed by atoms with Crippen molar-refractivity contribution in [3.63, 3.8) is 0 Å². The highest BCUT2D eigenvalue weighted by Crippen LogP contribution is 2.21. The topological polar surface area (TPSA) is 97.5 Å². The van der Waals surface area contributed by atoms with E-state index in [1.54, 1.807) is 4.57 Å². The minimum absolute atomic E-state index is 0.0648. The van der Waals surface area contributed by atoms with Gasteiger partial charge in [-0.2, -0.15) is 0 Å². The van der Waals surface area contributed by atoms with Crippen molar-refractivity contribution in [3.05, 3.63) is 5.82 Å². The summed E-state index contributed by atoms with van der Waals surface area (Å²) in [7, 11) is 0. The Morgan fingerprint density at radius 1 is 1.56 bits per heavy atom. The van der Waals surface area contributed by atoms with Gasteiger partial charge in [0.1, 0.15) is 6.61 Å². The highest BCUT2D eigenvalue weighted by molar-refractivity contribution is 7.99. The van der Waals surface area contributed by atoms with Gasteiger partial charge >= 0.3 is 5.97 Å². The Kier molecular flexibility index (Phi) is 4.56. The Morgan fingerprint density at radius 2 is 2.39 bits per heavy atom. The van der Waals surface area contributed by atoms with Crippen LogP contribution in [0.4, 0.5) is 0 Å². The van der Waals surface area contributed by atoms with Crippen molar-refractivity contribution >= 4 is 17.7 Å². The Labute approximate surface area is 108 Å². The van der Waals surface area contributed by atoms with E-state index in [0.29, 0.717) is 30.1 Å². The largest absolute Gasteiger partial charge is 0.481 e. The second kappa shape index (κ2) is 6.17. The lowest BCUT2D eigenvalue weighted by Crippen LogP contribution is -2.14. The van der Waals surface area contributed by atoms with E-state index < -0.39 is 5.97 Å². The molecule has 0 bridgehead atoms. The van der Waals surface area contributed by atoms with Crippen molar-refractivity contribution in [1.29, 1.82) is 0 Å². The molecule has 0 saturated carbocycles. The van der Waals surface area contributed by atoms with Crippen LogP contribution in [0.3, 0.4) is 0 Å². The molecule has 7 nitrogen and oxygen atoms in total. The first-order chi connectivity index (χ1) is 8.70. The summed E-state index contributed by atoms with van der Waals surface area (Å²) in [5, 5.41) is 26.2. The van der Waals surface area contributed by atoms with Gasteiger partial charge in [-0.15, -0.1) is 10.2 Å². The van der Waals surface area contributed by atoms with E-state index in [4.69, 9.17) is 9.84 Å². The number of hydrogen-bond donors (Lipinski definition) is 2. The molecule has 2 N–H and O–H groups in total. The van der Waals surface area contributed by atoms with Crippen LogP contribution in [0.5, 0.6) is 0 Å². The molecule has 1 aliphatic rings. The van der Waals surface area contributed by atoms with Gasteiger partial charge in [0.2, 0.25) is 0 Å². The zero-order valence-electron chi connectivity index (χ0n) is 9.78. The van der Waals surface area contributed by atoms with Gasteiger partial charge in [-0.1, -0.05) is 11.8 Å². The van der Waals surface area contributed by atoms with E-state index in [1.807, 2.05) is 0 Å². The minimum Gasteiger partial charge on any atom is -0.481 e. The first kappa shape index (κ1) is 13.3. The SMILES string of the molecule is O=C(O)CSc1nnc(CO)n1CC1CCOC1. The maximum absolute atomic E-state index is 10.6. The monoisotopic (exact) mass is 273 g/mol. The van der Waals surface area contributed by atoms with Crippen LogP contribution in [-0.4, -0.2) is 49.9 Å². The fourth-order valence-corrected chi connectivity index (χ4v) is 2.52. The number of hydrogen-bond acceptors (Lipinski definition) is 6. The van der Waals surface area contributed by atoms with Crippen molar-refractivity contribution in [2.45, 2.75) is 24.7 Å². The first-order valence-corrected chi connectivity index (χ1v) is 6.64. The summed E-state index contributed by atoms with van der Waals surface area (Å²) >= 11 is 1.11. The molecule has 0 radical (unpaired) electrons. The molecular formula is C10H15N3O4S. The maximum atomic E-state index is 10.6. The van der Waals surface area contributed by atoms with E-state index in [0.717, 1.165) is 24.8 Å². The summed E-state index contributed by atoms with van der Waals surface area (Å²) in [5.74, 6) is -0.125. The zero-order valence-corrected chi connectivity index (χ0v) is 10.6. The number of carboxylic acid groups (broad SMARTS) is 1. The highest BCUT2D eigenvalue weighted by Gasteiger charge is 2.20. The van der Waals surface area contributed by atoms with Gasteiger partial charge < -0.3 is 19.5 Å². The van der Waals surface area contributed by atoms with Crippen LogP contribution in [-0.2, 0) is 22.7 Å². The number of nitrogens with zero attached hydrogens (tertiary/aromatic N) is 3. The molecule has 1 unspecified atom stereocenters. The number of aliphatic hydroxyl groups is 1. The van der Waals surface area contributed by atoms with Crippen LogP contribution < -0.4 is 0 Å². The predicted molar refractivity (Wildman–Crippen MR) is 63.2 cm³/mol. The molecule has 18 heavy (non-hydrogen) atoms. The average molecular weight is 273 g/mol. The number of carbonyl (C=O) groups is 1. The molecule has 1 aromatic heterocycles. The third kappa shape index (κ3) is 3.21. The third-order valence-electron chi connectivity index (χ3n) is 2.72. The van der Waals surface area contributed by atoms with Crippen LogP contribution in [0, 0.1) is 5.92 Å². The Hall–Kier alpha value is -1.12. The number of aliphatic hydroxyl groups excluding tert-OH is 1. The summed E-state index contributed by atoms with van der Waals surface area (Å²) in [5.41, 5.74) is 0. The molecule has 0 amide bonds. The lowest BCUT2D eigenvalue weighted by Gasteiger charge is -2.12. The first-order valence-electron chi connectivity index (χ1n) is 5.66.